The van der Waals surface area contributed by atoms with Crippen molar-refractivity contribution >= 4 is 16.9 Å². The van der Waals surface area contributed by atoms with Gasteiger partial charge in [-0.1, -0.05) is 49.9 Å². The molecule has 0 unspecified atom stereocenters. The summed E-state index contributed by atoms with van der Waals surface area (Å²) in [6, 6.07) is 14.5. The number of ether oxygens (including phenoxy) is 1. The number of benzene rings is 2. The van der Waals surface area contributed by atoms with Crippen molar-refractivity contribution in [1.82, 2.24) is 9.88 Å². The van der Waals surface area contributed by atoms with Crippen LogP contribution in [0.25, 0.3) is 10.9 Å². The minimum Gasteiger partial charge on any atom is -0.497 e. The van der Waals surface area contributed by atoms with Gasteiger partial charge >= 0.3 is 5.97 Å². The molecule has 1 saturated carbocycles. The number of aromatic nitrogens is 1. The molecule has 5 heteroatoms. The van der Waals surface area contributed by atoms with E-state index in [0.717, 1.165) is 33.3 Å². The molecule has 0 radical (unpaired) electrons. The number of carboxylic acid groups (broad SMARTS) is 1. The highest BCUT2D eigenvalue weighted by Gasteiger charge is 2.23. The van der Waals surface area contributed by atoms with E-state index < -0.39 is 5.97 Å². The van der Waals surface area contributed by atoms with Gasteiger partial charge in [-0.05, 0) is 49.1 Å². The third kappa shape index (κ3) is 4.77. The fourth-order valence-corrected chi connectivity index (χ4v) is 4.76. The monoisotopic (exact) mass is 420 g/mol. The van der Waals surface area contributed by atoms with Gasteiger partial charge in [-0.25, -0.2) is 4.79 Å². The van der Waals surface area contributed by atoms with Gasteiger partial charge in [-0.15, -0.1) is 0 Å². The number of rotatable bonds is 7. The van der Waals surface area contributed by atoms with Crippen molar-refractivity contribution in [2.24, 2.45) is 0 Å². The van der Waals surface area contributed by atoms with Crippen LogP contribution in [0, 0.1) is 6.92 Å². The van der Waals surface area contributed by atoms with Gasteiger partial charge in [0.2, 0.25) is 0 Å². The molecule has 0 saturated heterocycles. The smallest absolute Gasteiger partial charge is 0.352 e. The van der Waals surface area contributed by atoms with E-state index in [9.17, 15) is 9.90 Å². The highest BCUT2D eigenvalue weighted by molar-refractivity contribution is 5.98. The summed E-state index contributed by atoms with van der Waals surface area (Å²) in [4.78, 5) is 12.4. The standard InChI is InChI=1S/C26H32N2O3/c1-18-9-14-22-23(16-27-20-7-5-3-4-6-8-20)25(26(29)30)28(24(22)15-18)17-19-10-12-21(31-2)13-11-19/h9-15,20,27H,3-8,16-17H2,1-2H3,(H,29,30). The molecular formula is C26H32N2O3. The SMILES string of the molecule is COc1ccc(Cn2c(C(=O)O)c(CNC3CCCCCC3)c3ccc(C)cc32)cc1. The van der Waals surface area contributed by atoms with Crippen LogP contribution < -0.4 is 10.1 Å². The lowest BCUT2D eigenvalue weighted by molar-refractivity contribution is 0.0684. The molecule has 1 aliphatic rings. The zero-order chi connectivity index (χ0) is 21.8. The second kappa shape index (κ2) is 9.56. The van der Waals surface area contributed by atoms with Crippen molar-refractivity contribution in [2.45, 2.75) is 64.6 Å². The maximum atomic E-state index is 12.4. The molecule has 4 rings (SSSR count). The Morgan fingerprint density at radius 1 is 1.10 bits per heavy atom. The second-order valence-corrected chi connectivity index (χ2v) is 8.66. The summed E-state index contributed by atoms with van der Waals surface area (Å²) >= 11 is 0. The maximum absolute atomic E-state index is 12.4. The third-order valence-electron chi connectivity index (χ3n) is 6.45. The number of hydrogen-bond acceptors (Lipinski definition) is 3. The molecule has 0 amide bonds. The summed E-state index contributed by atoms with van der Waals surface area (Å²) in [5, 5.41) is 14.9. The van der Waals surface area contributed by atoms with Crippen molar-refractivity contribution in [3.8, 4) is 5.75 Å². The predicted molar refractivity (Wildman–Crippen MR) is 124 cm³/mol. The van der Waals surface area contributed by atoms with Crippen molar-refractivity contribution in [3.63, 3.8) is 0 Å². The van der Waals surface area contributed by atoms with E-state index in [4.69, 9.17) is 4.74 Å². The Balaban J connectivity index is 1.72. The summed E-state index contributed by atoms with van der Waals surface area (Å²) in [7, 11) is 1.65. The largest absolute Gasteiger partial charge is 0.497 e. The molecule has 2 N–H and O–H groups in total. The molecule has 2 aromatic carbocycles. The molecule has 0 bridgehead atoms. The Morgan fingerprint density at radius 3 is 2.45 bits per heavy atom. The zero-order valence-electron chi connectivity index (χ0n) is 18.5. The summed E-state index contributed by atoms with van der Waals surface area (Å²) in [6.07, 6.45) is 7.46. The van der Waals surface area contributed by atoms with Gasteiger partial charge in [0.1, 0.15) is 11.4 Å². The van der Waals surface area contributed by atoms with Crippen molar-refractivity contribution in [3.05, 3.63) is 64.8 Å². The Labute approximate surface area is 184 Å². The Bertz CT molecular complexity index is 1040. The van der Waals surface area contributed by atoms with Crippen LogP contribution in [0.2, 0.25) is 0 Å². The van der Waals surface area contributed by atoms with E-state index in [1.165, 1.54) is 38.5 Å². The first-order valence-electron chi connectivity index (χ1n) is 11.3. The molecule has 1 heterocycles. The van der Waals surface area contributed by atoms with E-state index in [2.05, 4.69) is 23.5 Å². The Kier molecular flexibility index (Phi) is 6.62. The predicted octanol–water partition coefficient (Wildman–Crippen LogP) is 5.52. The van der Waals surface area contributed by atoms with Gasteiger partial charge in [-0.2, -0.15) is 0 Å². The highest BCUT2D eigenvalue weighted by atomic mass is 16.5. The van der Waals surface area contributed by atoms with E-state index in [1.54, 1.807) is 7.11 Å². The van der Waals surface area contributed by atoms with Gasteiger partial charge < -0.3 is 19.7 Å². The van der Waals surface area contributed by atoms with E-state index in [-0.39, 0.29) is 0 Å². The first kappa shape index (κ1) is 21.4. The van der Waals surface area contributed by atoms with Gasteiger partial charge in [0.15, 0.2) is 0 Å². The fourth-order valence-electron chi connectivity index (χ4n) is 4.76. The number of hydrogen-bond donors (Lipinski definition) is 2. The lowest BCUT2D eigenvalue weighted by Crippen LogP contribution is -2.28. The first-order valence-corrected chi connectivity index (χ1v) is 11.3. The van der Waals surface area contributed by atoms with Gasteiger partial charge in [0, 0.05) is 35.6 Å². The number of methoxy groups -OCH3 is 1. The molecule has 164 valence electrons. The quantitative estimate of drug-likeness (QED) is 0.494. The van der Waals surface area contributed by atoms with Crippen LogP contribution in [0.15, 0.2) is 42.5 Å². The number of aryl methyl sites for hydroxylation is 1. The van der Waals surface area contributed by atoms with Crippen LogP contribution in [0.4, 0.5) is 0 Å². The van der Waals surface area contributed by atoms with Crippen molar-refractivity contribution < 1.29 is 14.6 Å². The lowest BCUT2D eigenvalue weighted by Gasteiger charge is -2.16. The molecule has 1 fully saturated rings. The maximum Gasteiger partial charge on any atom is 0.352 e. The average Bonchev–Trinajstić information content (AvgIpc) is 2.91. The van der Waals surface area contributed by atoms with Crippen LogP contribution in [0.3, 0.4) is 0 Å². The molecule has 1 aromatic heterocycles. The average molecular weight is 421 g/mol. The minimum atomic E-state index is -0.875. The second-order valence-electron chi connectivity index (χ2n) is 8.66. The van der Waals surface area contributed by atoms with E-state index in [1.807, 2.05) is 35.8 Å². The van der Waals surface area contributed by atoms with Gasteiger partial charge in [0.05, 0.1) is 7.11 Å². The number of carbonyl (C=O) groups is 1. The van der Waals surface area contributed by atoms with Crippen LogP contribution >= 0.6 is 0 Å². The highest BCUT2D eigenvalue weighted by Crippen LogP contribution is 2.29. The molecule has 0 spiro atoms. The summed E-state index contributed by atoms with van der Waals surface area (Å²) in [5.74, 6) is -0.0799. The fraction of sp³-hybridized carbons (Fsp3) is 0.423. The molecular weight excluding hydrogens is 388 g/mol. The Morgan fingerprint density at radius 2 is 1.81 bits per heavy atom. The molecule has 5 nitrogen and oxygen atoms in total. The summed E-state index contributed by atoms with van der Waals surface area (Å²) in [6.45, 7) is 3.14. The lowest BCUT2D eigenvalue weighted by atomic mass is 10.1. The van der Waals surface area contributed by atoms with Gasteiger partial charge in [0.25, 0.3) is 0 Å². The molecule has 31 heavy (non-hydrogen) atoms. The number of aromatic carboxylic acids is 1. The van der Waals surface area contributed by atoms with Crippen LogP contribution in [-0.4, -0.2) is 28.8 Å². The Hall–Kier alpha value is -2.79. The summed E-state index contributed by atoms with van der Waals surface area (Å²) < 4.78 is 7.22. The van der Waals surface area contributed by atoms with Crippen LogP contribution in [-0.2, 0) is 13.1 Å². The van der Waals surface area contributed by atoms with E-state index >= 15 is 0 Å². The first-order chi connectivity index (χ1) is 15.1. The number of carboxylic acids is 1. The van der Waals surface area contributed by atoms with Crippen LogP contribution in [0.5, 0.6) is 5.75 Å². The van der Waals surface area contributed by atoms with Gasteiger partial charge in [-0.3, -0.25) is 0 Å². The van der Waals surface area contributed by atoms with Crippen LogP contribution in [0.1, 0.15) is 65.7 Å². The number of fused-ring (bicyclic) bond motifs is 1. The zero-order valence-corrected chi connectivity index (χ0v) is 18.5. The molecule has 0 aliphatic heterocycles. The van der Waals surface area contributed by atoms with E-state index in [0.29, 0.717) is 24.8 Å². The number of nitrogens with one attached hydrogen (secondary N) is 1. The molecule has 1 aliphatic carbocycles. The molecule has 0 atom stereocenters. The third-order valence-corrected chi connectivity index (χ3v) is 6.45. The normalized spacial score (nSPS) is 15.2. The molecule has 3 aromatic rings. The summed E-state index contributed by atoms with van der Waals surface area (Å²) in [5.41, 5.74) is 4.43. The van der Waals surface area contributed by atoms with Crippen molar-refractivity contribution in [2.75, 3.05) is 7.11 Å². The number of nitrogens with zero attached hydrogens (tertiary/aromatic N) is 1. The topological polar surface area (TPSA) is 63.5 Å². The van der Waals surface area contributed by atoms with Crippen molar-refractivity contribution in [1.29, 1.82) is 0 Å². The minimum absolute atomic E-state index is 0.387.